The molecule has 32 heavy (non-hydrogen) atoms. The second kappa shape index (κ2) is 11.0. The number of hydrogen-bond donors (Lipinski definition) is 1. The lowest BCUT2D eigenvalue weighted by Gasteiger charge is -2.30. The van der Waals surface area contributed by atoms with Crippen LogP contribution in [0.25, 0.3) is 10.8 Å². The van der Waals surface area contributed by atoms with E-state index >= 15 is 0 Å². The lowest BCUT2D eigenvalue weighted by Crippen LogP contribution is -2.43. The van der Waals surface area contributed by atoms with E-state index in [0.29, 0.717) is 38.2 Å². The molecular formula is C21H32N4O5S2. The Labute approximate surface area is 190 Å². The largest absolute Gasteiger partial charge is 0.379 e. The Balaban J connectivity index is 1.94. The van der Waals surface area contributed by atoms with Gasteiger partial charge in [0.1, 0.15) is 0 Å². The molecule has 0 bridgehead atoms. The molecule has 1 aromatic heterocycles. The van der Waals surface area contributed by atoms with Crippen LogP contribution in [-0.4, -0.2) is 77.0 Å². The Kier molecular flexibility index (Phi) is 8.59. The first-order valence-electron chi connectivity index (χ1n) is 11.0. The monoisotopic (exact) mass is 484 g/mol. The third-order valence-electron chi connectivity index (χ3n) is 5.65. The minimum absolute atomic E-state index is 0.0692. The van der Waals surface area contributed by atoms with Gasteiger partial charge in [0.25, 0.3) is 10.0 Å². The van der Waals surface area contributed by atoms with Crippen LogP contribution in [0.3, 0.4) is 0 Å². The number of hydrogen-bond acceptors (Lipinski definition) is 7. The predicted octanol–water partition coefficient (Wildman–Crippen LogP) is 1.79. The molecule has 0 spiro atoms. The lowest BCUT2D eigenvalue weighted by molar-refractivity contribution is 0.0363. The molecule has 2 heterocycles. The minimum atomic E-state index is -4.10. The first-order valence-corrected chi connectivity index (χ1v) is 13.9. The number of nitrogens with two attached hydrogens (primary N) is 1. The summed E-state index contributed by atoms with van der Waals surface area (Å²) in [4.78, 5) is 6.14. The fourth-order valence-electron chi connectivity index (χ4n) is 3.89. The molecule has 0 amide bonds. The molecule has 0 unspecified atom stereocenters. The molecule has 0 atom stereocenters. The fourth-order valence-corrected chi connectivity index (χ4v) is 6.26. The van der Waals surface area contributed by atoms with Gasteiger partial charge >= 0.3 is 0 Å². The van der Waals surface area contributed by atoms with Crippen molar-refractivity contribution < 1.29 is 21.6 Å². The Bertz CT molecular complexity index is 1120. The van der Waals surface area contributed by atoms with E-state index in [1.807, 2.05) is 0 Å². The zero-order chi connectivity index (χ0) is 23.2. The second-order valence-corrected chi connectivity index (χ2v) is 11.3. The summed E-state index contributed by atoms with van der Waals surface area (Å²) in [6.07, 6.45) is 5.11. The number of unbranched alkanes of at least 4 members (excludes halogenated alkanes) is 3. The van der Waals surface area contributed by atoms with E-state index in [2.05, 4.69) is 16.8 Å². The Morgan fingerprint density at radius 2 is 1.78 bits per heavy atom. The van der Waals surface area contributed by atoms with Gasteiger partial charge in [0, 0.05) is 49.7 Å². The van der Waals surface area contributed by atoms with Gasteiger partial charge in [-0.15, -0.1) is 0 Å². The maximum Gasteiger partial charge on any atom is 0.256 e. The molecule has 3 rings (SSSR count). The van der Waals surface area contributed by atoms with Crippen LogP contribution in [0.4, 0.5) is 0 Å². The van der Waals surface area contributed by atoms with Crippen molar-refractivity contribution in [1.82, 2.24) is 14.2 Å². The van der Waals surface area contributed by atoms with Crippen molar-refractivity contribution in [3.63, 3.8) is 0 Å². The molecule has 1 saturated heterocycles. The van der Waals surface area contributed by atoms with E-state index in [0.717, 1.165) is 38.8 Å². The summed E-state index contributed by atoms with van der Waals surface area (Å²) in [5.41, 5.74) is 0. The van der Waals surface area contributed by atoms with Crippen molar-refractivity contribution in [2.24, 2.45) is 5.14 Å². The summed E-state index contributed by atoms with van der Waals surface area (Å²) in [5, 5.41) is 5.48. The summed E-state index contributed by atoms with van der Waals surface area (Å²) < 4.78 is 58.3. The standard InChI is InChI=1S/C21H32N4O5S2/c1-2-3-4-5-11-25(13-12-24-14-16-30-17-15-24)32(28,29)20-8-6-7-19-18(20)9-10-23-21(19)31(22,26)27/h6-10H,2-5,11-17H2,1H3,(H2,22,26,27). The summed E-state index contributed by atoms with van der Waals surface area (Å²) in [5.74, 6) is 0. The van der Waals surface area contributed by atoms with E-state index in [1.165, 1.54) is 34.8 Å². The highest BCUT2D eigenvalue weighted by atomic mass is 32.2. The third-order valence-corrected chi connectivity index (χ3v) is 8.47. The lowest BCUT2D eigenvalue weighted by atomic mass is 10.2. The van der Waals surface area contributed by atoms with Gasteiger partial charge in [-0.3, -0.25) is 4.90 Å². The topological polar surface area (TPSA) is 123 Å². The molecule has 1 fully saturated rings. The van der Waals surface area contributed by atoms with Gasteiger partial charge in [0.2, 0.25) is 10.0 Å². The van der Waals surface area contributed by atoms with Gasteiger partial charge in [0.15, 0.2) is 5.03 Å². The minimum Gasteiger partial charge on any atom is -0.379 e. The van der Waals surface area contributed by atoms with Crippen LogP contribution in [0.5, 0.6) is 0 Å². The number of rotatable bonds is 11. The number of ether oxygens (including phenoxy) is 1. The zero-order valence-electron chi connectivity index (χ0n) is 18.4. The number of sulfonamides is 2. The van der Waals surface area contributed by atoms with Gasteiger partial charge in [-0.1, -0.05) is 38.3 Å². The van der Waals surface area contributed by atoms with Crippen molar-refractivity contribution in [3.8, 4) is 0 Å². The van der Waals surface area contributed by atoms with E-state index in [9.17, 15) is 16.8 Å². The van der Waals surface area contributed by atoms with Crippen molar-refractivity contribution in [2.45, 2.75) is 42.5 Å². The van der Waals surface area contributed by atoms with Crippen LogP contribution in [0.1, 0.15) is 32.6 Å². The molecular weight excluding hydrogens is 452 g/mol. The molecule has 1 aliphatic heterocycles. The highest BCUT2D eigenvalue weighted by Crippen LogP contribution is 2.28. The number of pyridine rings is 1. The summed E-state index contributed by atoms with van der Waals surface area (Å²) in [6.45, 7) is 6.36. The predicted molar refractivity (Wildman–Crippen MR) is 123 cm³/mol. The van der Waals surface area contributed by atoms with Crippen LogP contribution in [0.15, 0.2) is 40.4 Å². The normalized spacial score (nSPS) is 16.1. The van der Waals surface area contributed by atoms with Crippen molar-refractivity contribution >= 4 is 30.8 Å². The Morgan fingerprint density at radius 3 is 2.47 bits per heavy atom. The first-order chi connectivity index (χ1) is 15.2. The quantitative estimate of drug-likeness (QED) is 0.482. The van der Waals surface area contributed by atoms with Gasteiger partial charge in [-0.05, 0) is 18.6 Å². The molecule has 1 aliphatic rings. The maximum atomic E-state index is 13.7. The fraction of sp³-hybridized carbons (Fsp3) is 0.571. The highest BCUT2D eigenvalue weighted by molar-refractivity contribution is 7.89. The molecule has 0 aliphatic carbocycles. The molecule has 9 nitrogen and oxygen atoms in total. The summed E-state index contributed by atoms with van der Waals surface area (Å²) >= 11 is 0. The highest BCUT2D eigenvalue weighted by Gasteiger charge is 2.28. The van der Waals surface area contributed by atoms with Crippen LogP contribution in [-0.2, 0) is 24.8 Å². The SMILES string of the molecule is CCCCCCN(CCN1CCOCC1)S(=O)(=O)c1cccc2c(S(N)(=O)=O)nccc12. The number of primary sulfonamides is 1. The van der Waals surface area contributed by atoms with Crippen molar-refractivity contribution in [3.05, 3.63) is 30.5 Å². The number of aromatic nitrogens is 1. The molecule has 2 N–H and O–H groups in total. The maximum absolute atomic E-state index is 13.7. The number of nitrogens with zero attached hydrogens (tertiary/aromatic N) is 3. The van der Waals surface area contributed by atoms with Gasteiger partial charge < -0.3 is 4.74 Å². The third kappa shape index (κ3) is 6.03. The summed E-state index contributed by atoms with van der Waals surface area (Å²) in [7, 11) is -7.96. The molecule has 0 radical (unpaired) electrons. The Morgan fingerprint density at radius 1 is 1.03 bits per heavy atom. The number of fused-ring (bicyclic) bond motifs is 1. The second-order valence-electron chi connectivity index (χ2n) is 7.93. The average Bonchev–Trinajstić information content (AvgIpc) is 2.77. The summed E-state index contributed by atoms with van der Waals surface area (Å²) in [6, 6.07) is 6.09. The number of benzene rings is 1. The van der Waals surface area contributed by atoms with E-state index in [-0.39, 0.29) is 15.3 Å². The van der Waals surface area contributed by atoms with Gasteiger partial charge in [-0.25, -0.2) is 27.0 Å². The van der Waals surface area contributed by atoms with E-state index < -0.39 is 20.0 Å². The smallest absolute Gasteiger partial charge is 0.256 e. The van der Waals surface area contributed by atoms with Crippen molar-refractivity contribution in [1.29, 1.82) is 0 Å². The van der Waals surface area contributed by atoms with Gasteiger partial charge in [-0.2, -0.15) is 4.31 Å². The van der Waals surface area contributed by atoms with Crippen molar-refractivity contribution in [2.75, 3.05) is 45.9 Å². The zero-order valence-corrected chi connectivity index (χ0v) is 20.1. The first kappa shape index (κ1) is 25.0. The number of morpholine rings is 1. The molecule has 11 heteroatoms. The Hall–Kier alpha value is -1.63. The van der Waals surface area contributed by atoms with Gasteiger partial charge in [0.05, 0.1) is 18.1 Å². The average molecular weight is 485 g/mol. The van der Waals surface area contributed by atoms with E-state index in [1.54, 1.807) is 0 Å². The molecule has 2 aromatic rings. The van der Waals surface area contributed by atoms with E-state index in [4.69, 9.17) is 9.88 Å². The molecule has 1 aromatic carbocycles. The van der Waals surface area contributed by atoms with Crippen LogP contribution in [0, 0.1) is 0 Å². The van der Waals surface area contributed by atoms with Crippen LogP contribution in [0.2, 0.25) is 0 Å². The van der Waals surface area contributed by atoms with Crippen LogP contribution < -0.4 is 5.14 Å². The molecule has 178 valence electrons. The van der Waals surface area contributed by atoms with Crippen LogP contribution >= 0.6 is 0 Å². The molecule has 0 saturated carbocycles.